The van der Waals surface area contributed by atoms with E-state index in [1.54, 1.807) is 11.9 Å². The molecule has 0 spiro atoms. The number of amides is 1. The summed E-state index contributed by atoms with van der Waals surface area (Å²) in [5.41, 5.74) is 0. The average molecular weight is 287 g/mol. The molecule has 88 valence electrons. The summed E-state index contributed by atoms with van der Waals surface area (Å²) < 4.78 is 6.07. The molecule has 4 nitrogen and oxygen atoms in total. The Morgan fingerprint density at radius 1 is 1.69 bits per heavy atom. The van der Waals surface area contributed by atoms with Gasteiger partial charge in [0, 0.05) is 7.05 Å². The van der Waals surface area contributed by atoms with Crippen LogP contribution in [-0.4, -0.2) is 30.4 Å². The molecule has 0 bridgehead atoms. The van der Waals surface area contributed by atoms with Crippen molar-refractivity contribution >= 4 is 21.8 Å². The van der Waals surface area contributed by atoms with Crippen LogP contribution >= 0.6 is 15.9 Å². The molecule has 1 aliphatic heterocycles. The van der Waals surface area contributed by atoms with Gasteiger partial charge >= 0.3 is 0 Å². The minimum atomic E-state index is -0.0107. The van der Waals surface area contributed by atoms with Crippen LogP contribution in [0.3, 0.4) is 0 Å². The lowest BCUT2D eigenvalue weighted by Crippen LogP contribution is -2.41. The van der Waals surface area contributed by atoms with E-state index in [-0.39, 0.29) is 11.9 Å². The van der Waals surface area contributed by atoms with Crippen molar-refractivity contribution in [3.05, 3.63) is 22.6 Å². The van der Waals surface area contributed by atoms with Crippen molar-refractivity contribution in [2.45, 2.75) is 25.4 Å². The average Bonchev–Trinajstić information content (AvgIpc) is 2.88. The van der Waals surface area contributed by atoms with E-state index < -0.39 is 0 Å². The number of hydrogen-bond acceptors (Lipinski definition) is 3. The second-order valence-corrected chi connectivity index (χ2v) is 4.83. The monoisotopic (exact) mass is 286 g/mol. The normalized spacial score (nSPS) is 20.0. The van der Waals surface area contributed by atoms with Crippen LogP contribution < -0.4 is 5.32 Å². The first-order valence-corrected chi connectivity index (χ1v) is 6.18. The summed E-state index contributed by atoms with van der Waals surface area (Å²) in [6.07, 6.45) is 2.02. The van der Waals surface area contributed by atoms with Gasteiger partial charge in [-0.2, -0.15) is 0 Å². The Bertz CT molecular complexity index is 372. The smallest absolute Gasteiger partial charge is 0.239 e. The molecule has 1 fully saturated rings. The Morgan fingerprint density at radius 2 is 2.50 bits per heavy atom. The predicted octanol–water partition coefficient (Wildman–Crippen LogP) is 1.75. The van der Waals surface area contributed by atoms with Crippen LogP contribution in [0.25, 0.3) is 0 Å². The first-order valence-electron chi connectivity index (χ1n) is 5.39. The second-order valence-electron chi connectivity index (χ2n) is 4.05. The van der Waals surface area contributed by atoms with E-state index in [9.17, 15) is 4.79 Å². The predicted molar refractivity (Wildman–Crippen MR) is 63.9 cm³/mol. The molecule has 0 aromatic carbocycles. The fourth-order valence-corrected chi connectivity index (χ4v) is 2.25. The summed E-state index contributed by atoms with van der Waals surface area (Å²) in [6.45, 7) is 1.46. The highest BCUT2D eigenvalue weighted by Crippen LogP contribution is 2.16. The van der Waals surface area contributed by atoms with Crippen molar-refractivity contribution in [1.29, 1.82) is 0 Å². The van der Waals surface area contributed by atoms with Crippen molar-refractivity contribution in [3.63, 3.8) is 0 Å². The van der Waals surface area contributed by atoms with Gasteiger partial charge < -0.3 is 14.6 Å². The molecule has 1 aliphatic rings. The highest BCUT2D eigenvalue weighted by molar-refractivity contribution is 9.10. The molecular formula is C11H15BrN2O2. The number of likely N-dealkylation sites (N-methyl/N-ethyl adjacent to an activating group) is 1. The largest absolute Gasteiger partial charge is 0.452 e. The van der Waals surface area contributed by atoms with Crippen molar-refractivity contribution in [1.82, 2.24) is 10.2 Å². The fourth-order valence-electron chi connectivity index (χ4n) is 1.91. The number of carbonyl (C=O) groups excluding carboxylic acids is 1. The first-order chi connectivity index (χ1) is 7.66. The first kappa shape index (κ1) is 11.7. The van der Waals surface area contributed by atoms with Gasteiger partial charge in [-0.1, -0.05) is 0 Å². The maximum absolute atomic E-state index is 12.0. The number of furan rings is 1. The van der Waals surface area contributed by atoms with E-state index in [2.05, 4.69) is 21.2 Å². The molecule has 1 aromatic rings. The van der Waals surface area contributed by atoms with Crippen LogP contribution in [0.5, 0.6) is 0 Å². The molecule has 0 saturated carbocycles. The maximum Gasteiger partial charge on any atom is 0.239 e. The number of halogens is 1. The van der Waals surface area contributed by atoms with Crippen LogP contribution in [0.4, 0.5) is 0 Å². The minimum absolute atomic E-state index is 0.0107. The standard InChI is InChI=1S/C11H15BrN2O2/c1-14(7-8-4-5-10(12)16-8)11(15)9-3-2-6-13-9/h4-5,9,13H,2-3,6-7H2,1H3. The van der Waals surface area contributed by atoms with E-state index in [1.165, 1.54) is 0 Å². The summed E-state index contributed by atoms with van der Waals surface area (Å²) >= 11 is 3.24. The van der Waals surface area contributed by atoms with E-state index >= 15 is 0 Å². The number of carbonyl (C=O) groups is 1. The van der Waals surface area contributed by atoms with Gasteiger partial charge in [-0.3, -0.25) is 4.79 Å². The Labute approximate surface area is 103 Å². The van der Waals surface area contributed by atoms with Gasteiger partial charge in [0.2, 0.25) is 5.91 Å². The van der Waals surface area contributed by atoms with Crippen LogP contribution in [0.2, 0.25) is 0 Å². The quantitative estimate of drug-likeness (QED) is 0.921. The summed E-state index contributed by atoms with van der Waals surface area (Å²) in [7, 11) is 1.80. The second kappa shape index (κ2) is 5.01. The van der Waals surface area contributed by atoms with E-state index in [0.29, 0.717) is 11.2 Å². The van der Waals surface area contributed by atoms with E-state index in [4.69, 9.17) is 4.42 Å². The van der Waals surface area contributed by atoms with Crippen LogP contribution in [-0.2, 0) is 11.3 Å². The third-order valence-electron chi connectivity index (χ3n) is 2.76. The lowest BCUT2D eigenvalue weighted by molar-refractivity contribution is -0.132. The van der Waals surface area contributed by atoms with Gasteiger partial charge in [0.05, 0.1) is 12.6 Å². The number of hydrogen-bond donors (Lipinski definition) is 1. The van der Waals surface area contributed by atoms with Gasteiger partial charge in [0.1, 0.15) is 5.76 Å². The van der Waals surface area contributed by atoms with Gasteiger partial charge in [-0.15, -0.1) is 0 Å². The number of nitrogens with zero attached hydrogens (tertiary/aromatic N) is 1. The van der Waals surface area contributed by atoms with E-state index in [1.807, 2.05) is 12.1 Å². The number of rotatable bonds is 3. The van der Waals surface area contributed by atoms with Crippen LogP contribution in [0.1, 0.15) is 18.6 Å². The zero-order valence-electron chi connectivity index (χ0n) is 9.20. The molecule has 5 heteroatoms. The molecule has 0 aliphatic carbocycles. The van der Waals surface area contributed by atoms with Crippen molar-refractivity contribution in [2.75, 3.05) is 13.6 Å². The molecule has 2 heterocycles. The van der Waals surface area contributed by atoms with Crippen LogP contribution in [0.15, 0.2) is 21.2 Å². The molecule has 1 unspecified atom stereocenters. The van der Waals surface area contributed by atoms with Crippen LogP contribution in [0, 0.1) is 0 Å². The van der Waals surface area contributed by atoms with Crippen molar-refractivity contribution in [2.24, 2.45) is 0 Å². The maximum atomic E-state index is 12.0. The van der Waals surface area contributed by atoms with E-state index in [0.717, 1.165) is 25.1 Å². The third-order valence-corrected chi connectivity index (χ3v) is 3.18. The van der Waals surface area contributed by atoms with Gasteiger partial charge in [0.15, 0.2) is 4.67 Å². The zero-order valence-corrected chi connectivity index (χ0v) is 10.8. The Balaban J connectivity index is 1.91. The fraction of sp³-hybridized carbons (Fsp3) is 0.545. The Morgan fingerprint density at radius 3 is 3.06 bits per heavy atom. The number of nitrogens with one attached hydrogen (secondary N) is 1. The molecule has 1 saturated heterocycles. The Kier molecular flexibility index (Phi) is 3.66. The summed E-state index contributed by atoms with van der Waals surface area (Å²) in [4.78, 5) is 13.7. The Hall–Kier alpha value is -0.810. The SMILES string of the molecule is CN(Cc1ccc(Br)o1)C(=O)C1CCCN1. The molecule has 0 radical (unpaired) electrons. The molecule has 1 amide bonds. The van der Waals surface area contributed by atoms with Crippen molar-refractivity contribution < 1.29 is 9.21 Å². The van der Waals surface area contributed by atoms with Gasteiger partial charge in [0.25, 0.3) is 0 Å². The molecule has 2 rings (SSSR count). The van der Waals surface area contributed by atoms with Gasteiger partial charge in [-0.05, 0) is 47.4 Å². The molecule has 1 N–H and O–H groups in total. The lowest BCUT2D eigenvalue weighted by atomic mass is 10.2. The third kappa shape index (κ3) is 2.65. The molecule has 1 atom stereocenters. The highest BCUT2D eigenvalue weighted by atomic mass is 79.9. The summed E-state index contributed by atoms with van der Waals surface area (Å²) in [5.74, 6) is 0.936. The van der Waals surface area contributed by atoms with Crippen molar-refractivity contribution in [3.8, 4) is 0 Å². The van der Waals surface area contributed by atoms with Gasteiger partial charge in [-0.25, -0.2) is 0 Å². The molecule has 1 aromatic heterocycles. The summed E-state index contributed by atoms with van der Waals surface area (Å²) in [5, 5.41) is 3.20. The summed E-state index contributed by atoms with van der Waals surface area (Å²) in [6, 6.07) is 3.70. The molecule has 16 heavy (non-hydrogen) atoms. The minimum Gasteiger partial charge on any atom is -0.452 e. The highest BCUT2D eigenvalue weighted by Gasteiger charge is 2.25. The topological polar surface area (TPSA) is 45.5 Å². The lowest BCUT2D eigenvalue weighted by Gasteiger charge is -2.19. The zero-order chi connectivity index (χ0) is 11.5. The molecular weight excluding hydrogens is 272 g/mol.